The fourth-order valence-electron chi connectivity index (χ4n) is 4.15. The second-order valence-electron chi connectivity index (χ2n) is 8.04. The number of carbonyl (C=O) groups is 2. The highest BCUT2D eigenvalue weighted by Crippen LogP contribution is 2.41. The van der Waals surface area contributed by atoms with Gasteiger partial charge in [0.05, 0.1) is 19.1 Å². The van der Waals surface area contributed by atoms with Crippen LogP contribution in [-0.2, 0) is 9.59 Å². The average molecular weight is 389 g/mol. The zero-order chi connectivity index (χ0) is 20.7. The molecule has 2 rings (SSSR count). The number of ether oxygens (including phenoxy) is 1. The third kappa shape index (κ3) is 5.06. The molecular weight excluding hydrogens is 352 g/mol. The lowest BCUT2D eigenvalue weighted by Gasteiger charge is -2.43. The molecule has 5 heteroatoms. The summed E-state index contributed by atoms with van der Waals surface area (Å²) in [4.78, 5) is 30.2. The number of likely N-dealkylation sites (tertiary alicyclic amines) is 1. The van der Waals surface area contributed by atoms with Crippen LogP contribution in [0.1, 0.15) is 65.0 Å². The van der Waals surface area contributed by atoms with Gasteiger partial charge in [-0.3, -0.25) is 9.59 Å². The minimum atomic E-state index is -0.266. The monoisotopic (exact) mass is 388 g/mol. The minimum absolute atomic E-state index is 0.139. The van der Waals surface area contributed by atoms with Gasteiger partial charge in [0.15, 0.2) is 0 Å². The smallest absolute Gasteiger partial charge is 0.228 e. The zero-order valence-electron chi connectivity index (χ0n) is 18.1. The van der Waals surface area contributed by atoms with E-state index < -0.39 is 0 Å². The first-order chi connectivity index (χ1) is 13.4. The van der Waals surface area contributed by atoms with Gasteiger partial charge >= 0.3 is 0 Å². The Morgan fingerprint density at radius 2 is 2.00 bits per heavy atom. The molecule has 1 aliphatic heterocycles. The van der Waals surface area contributed by atoms with E-state index in [0.29, 0.717) is 31.8 Å². The normalized spacial score (nSPS) is 19.8. The summed E-state index contributed by atoms with van der Waals surface area (Å²) in [5, 5.41) is 0. The molecular formula is C23H36N2O3. The number of unbranched alkanes of at least 4 members (excludes halogenated alkanes) is 1. The maximum absolute atomic E-state index is 13.5. The Bertz CT molecular complexity index is 659. The molecule has 5 nitrogen and oxygen atoms in total. The van der Waals surface area contributed by atoms with Crippen molar-refractivity contribution >= 4 is 11.8 Å². The summed E-state index contributed by atoms with van der Waals surface area (Å²) < 4.78 is 5.60. The van der Waals surface area contributed by atoms with Gasteiger partial charge in [-0.15, -0.1) is 0 Å². The first kappa shape index (κ1) is 22.3. The van der Waals surface area contributed by atoms with Crippen molar-refractivity contribution in [2.45, 2.75) is 59.4 Å². The number of methoxy groups -OCH3 is 1. The van der Waals surface area contributed by atoms with E-state index in [1.165, 1.54) is 0 Å². The fraction of sp³-hybridized carbons (Fsp3) is 0.652. The van der Waals surface area contributed by atoms with Gasteiger partial charge in [0.25, 0.3) is 0 Å². The van der Waals surface area contributed by atoms with Crippen molar-refractivity contribution in [3.63, 3.8) is 0 Å². The molecule has 0 spiro atoms. The molecule has 1 aromatic carbocycles. The number of piperidine rings is 1. The number of nitrogens with zero attached hydrogens (tertiary/aromatic N) is 2. The number of benzene rings is 1. The molecule has 0 radical (unpaired) electrons. The Hall–Kier alpha value is -2.04. The predicted octanol–water partition coefficient (Wildman–Crippen LogP) is 4.28. The molecule has 1 heterocycles. The van der Waals surface area contributed by atoms with Gasteiger partial charge in [0, 0.05) is 31.6 Å². The highest BCUT2D eigenvalue weighted by molar-refractivity contribution is 5.85. The van der Waals surface area contributed by atoms with Crippen molar-refractivity contribution in [1.29, 1.82) is 0 Å². The Morgan fingerprint density at radius 1 is 1.29 bits per heavy atom. The van der Waals surface area contributed by atoms with Gasteiger partial charge in [0.2, 0.25) is 11.8 Å². The third-order valence-electron chi connectivity index (χ3n) is 5.51. The van der Waals surface area contributed by atoms with Crippen molar-refractivity contribution in [2.75, 3.05) is 26.7 Å². The standard InChI is InChI=1S/C23H36N2O3/c1-6-8-15-25-21(26)14-13-19(23(27)24(7-2)16-17(3)4)22(25)18-11-9-10-12-20(18)28-5/h9-12,17,19,22H,6-8,13-16H2,1-5H3. The lowest BCUT2D eigenvalue weighted by Crippen LogP contribution is -2.50. The highest BCUT2D eigenvalue weighted by atomic mass is 16.5. The predicted molar refractivity (Wildman–Crippen MR) is 112 cm³/mol. The average Bonchev–Trinajstić information content (AvgIpc) is 2.70. The molecule has 2 amide bonds. The first-order valence-corrected chi connectivity index (χ1v) is 10.7. The van der Waals surface area contributed by atoms with E-state index in [0.717, 1.165) is 30.7 Å². The Labute approximate surface area is 170 Å². The van der Waals surface area contributed by atoms with Gasteiger partial charge in [-0.25, -0.2) is 0 Å². The lowest BCUT2D eigenvalue weighted by molar-refractivity contribution is -0.148. The largest absolute Gasteiger partial charge is 0.496 e. The molecule has 1 fully saturated rings. The Kier molecular flexibility index (Phi) is 8.34. The van der Waals surface area contributed by atoms with Crippen LogP contribution in [0.2, 0.25) is 0 Å². The molecule has 0 bridgehead atoms. The van der Waals surface area contributed by atoms with Crippen LogP contribution in [0, 0.1) is 11.8 Å². The maximum Gasteiger partial charge on any atom is 0.228 e. The summed E-state index contributed by atoms with van der Waals surface area (Å²) in [5.41, 5.74) is 0.938. The molecule has 0 N–H and O–H groups in total. The summed E-state index contributed by atoms with van der Waals surface area (Å²) in [6.07, 6.45) is 2.97. The second kappa shape index (κ2) is 10.5. The van der Waals surface area contributed by atoms with Crippen molar-refractivity contribution < 1.29 is 14.3 Å². The molecule has 1 saturated heterocycles. The lowest BCUT2D eigenvalue weighted by atomic mass is 9.82. The van der Waals surface area contributed by atoms with E-state index in [2.05, 4.69) is 20.8 Å². The van der Waals surface area contributed by atoms with E-state index >= 15 is 0 Å². The van der Waals surface area contributed by atoms with Gasteiger partial charge < -0.3 is 14.5 Å². The fourth-order valence-corrected chi connectivity index (χ4v) is 4.15. The molecule has 1 aromatic rings. The third-order valence-corrected chi connectivity index (χ3v) is 5.51. The van der Waals surface area contributed by atoms with Crippen LogP contribution in [0.25, 0.3) is 0 Å². The highest BCUT2D eigenvalue weighted by Gasteiger charge is 2.42. The molecule has 2 atom stereocenters. The first-order valence-electron chi connectivity index (χ1n) is 10.7. The summed E-state index contributed by atoms with van der Waals surface area (Å²) in [6.45, 7) is 10.5. The van der Waals surface area contributed by atoms with Crippen molar-refractivity contribution in [1.82, 2.24) is 9.80 Å². The quantitative estimate of drug-likeness (QED) is 0.634. The summed E-state index contributed by atoms with van der Waals surface area (Å²) in [5.74, 6) is 1.22. The van der Waals surface area contributed by atoms with Crippen molar-refractivity contribution in [2.24, 2.45) is 11.8 Å². The Morgan fingerprint density at radius 3 is 2.61 bits per heavy atom. The topological polar surface area (TPSA) is 49.9 Å². The Balaban J connectivity index is 2.46. The summed E-state index contributed by atoms with van der Waals surface area (Å²) in [6, 6.07) is 7.54. The molecule has 156 valence electrons. The summed E-state index contributed by atoms with van der Waals surface area (Å²) in [7, 11) is 1.65. The summed E-state index contributed by atoms with van der Waals surface area (Å²) >= 11 is 0. The molecule has 28 heavy (non-hydrogen) atoms. The molecule has 2 unspecified atom stereocenters. The van der Waals surface area contributed by atoms with Crippen molar-refractivity contribution in [3.05, 3.63) is 29.8 Å². The SMILES string of the molecule is CCCCN1C(=O)CCC(C(=O)N(CC)CC(C)C)C1c1ccccc1OC. The number of hydrogen-bond donors (Lipinski definition) is 0. The maximum atomic E-state index is 13.5. The molecule has 0 aromatic heterocycles. The second-order valence-corrected chi connectivity index (χ2v) is 8.04. The van der Waals surface area contributed by atoms with Gasteiger partial charge in [-0.2, -0.15) is 0 Å². The van der Waals surface area contributed by atoms with Gasteiger partial charge in [0.1, 0.15) is 5.75 Å². The number of hydrogen-bond acceptors (Lipinski definition) is 3. The molecule has 1 aliphatic rings. The number of para-hydroxylation sites is 1. The van der Waals surface area contributed by atoms with E-state index in [1.54, 1.807) is 7.11 Å². The molecule has 0 aliphatic carbocycles. The van der Waals surface area contributed by atoms with E-state index in [9.17, 15) is 9.59 Å². The van der Waals surface area contributed by atoms with Crippen LogP contribution >= 0.6 is 0 Å². The number of carbonyl (C=O) groups excluding carboxylic acids is 2. The number of rotatable bonds is 9. The van der Waals surface area contributed by atoms with Crippen LogP contribution in [-0.4, -0.2) is 48.4 Å². The van der Waals surface area contributed by atoms with Crippen LogP contribution in [0.5, 0.6) is 5.75 Å². The van der Waals surface area contributed by atoms with Crippen LogP contribution < -0.4 is 4.74 Å². The zero-order valence-corrected chi connectivity index (χ0v) is 18.1. The van der Waals surface area contributed by atoms with E-state index in [-0.39, 0.29) is 23.8 Å². The van der Waals surface area contributed by atoms with Crippen LogP contribution in [0.15, 0.2) is 24.3 Å². The minimum Gasteiger partial charge on any atom is -0.496 e. The van der Waals surface area contributed by atoms with Gasteiger partial charge in [-0.05, 0) is 31.7 Å². The van der Waals surface area contributed by atoms with Crippen LogP contribution in [0.3, 0.4) is 0 Å². The van der Waals surface area contributed by atoms with E-state index in [1.807, 2.05) is 41.0 Å². The number of amides is 2. The van der Waals surface area contributed by atoms with Crippen LogP contribution in [0.4, 0.5) is 0 Å². The van der Waals surface area contributed by atoms with Crippen molar-refractivity contribution in [3.8, 4) is 5.75 Å². The molecule has 0 saturated carbocycles. The van der Waals surface area contributed by atoms with E-state index in [4.69, 9.17) is 4.74 Å². The van der Waals surface area contributed by atoms with Gasteiger partial charge in [-0.1, -0.05) is 45.4 Å².